The maximum Gasteiger partial charge on any atom is 0.256 e. The molecule has 5 rings (SSSR count). The van der Waals surface area contributed by atoms with Crippen LogP contribution in [-0.2, 0) is 4.79 Å². The van der Waals surface area contributed by atoms with Crippen LogP contribution in [0.25, 0.3) is 10.9 Å². The molecule has 0 radical (unpaired) electrons. The molecular formula is C24H23N3O2. The summed E-state index contributed by atoms with van der Waals surface area (Å²) in [5, 5.41) is 0.967. The van der Waals surface area contributed by atoms with Crippen LogP contribution in [0.4, 0.5) is 5.69 Å². The fraction of sp³-hybridized carbons (Fsp3) is 0.292. The molecule has 3 aromatic rings. The minimum Gasteiger partial charge on any atom is -0.338 e. The van der Waals surface area contributed by atoms with Crippen LogP contribution in [0.2, 0.25) is 0 Å². The Labute approximate surface area is 170 Å². The number of aryl methyl sites for hydroxylation is 1. The van der Waals surface area contributed by atoms with Crippen molar-refractivity contribution < 1.29 is 9.59 Å². The fourth-order valence-corrected chi connectivity index (χ4v) is 4.68. The van der Waals surface area contributed by atoms with Gasteiger partial charge in [0.2, 0.25) is 5.91 Å². The second kappa shape index (κ2) is 6.69. The van der Waals surface area contributed by atoms with E-state index < -0.39 is 0 Å². The summed E-state index contributed by atoms with van der Waals surface area (Å²) in [6.07, 6.45) is 3.07. The normalized spacial score (nSPS) is 21.5. The van der Waals surface area contributed by atoms with Crippen LogP contribution in [0, 0.1) is 12.3 Å². The average Bonchev–Trinajstić information content (AvgIpc) is 3.30. The van der Waals surface area contributed by atoms with E-state index >= 15 is 0 Å². The molecule has 2 aromatic carbocycles. The van der Waals surface area contributed by atoms with Crippen molar-refractivity contribution in [1.29, 1.82) is 0 Å². The lowest BCUT2D eigenvalue weighted by atomic mass is 9.86. The van der Waals surface area contributed by atoms with Crippen molar-refractivity contribution in [2.24, 2.45) is 5.41 Å². The third-order valence-electron chi connectivity index (χ3n) is 6.26. The Morgan fingerprint density at radius 2 is 1.83 bits per heavy atom. The Hall–Kier alpha value is -3.21. The summed E-state index contributed by atoms with van der Waals surface area (Å²) in [6.45, 7) is 4.01. The van der Waals surface area contributed by atoms with E-state index in [9.17, 15) is 9.59 Å². The number of hydrogen-bond acceptors (Lipinski definition) is 3. The summed E-state index contributed by atoms with van der Waals surface area (Å²) in [7, 11) is 0. The molecule has 2 aliphatic heterocycles. The molecule has 1 atom stereocenters. The van der Waals surface area contributed by atoms with Crippen molar-refractivity contribution in [2.75, 3.05) is 24.5 Å². The summed E-state index contributed by atoms with van der Waals surface area (Å²) in [5.41, 5.74) is 3.34. The van der Waals surface area contributed by atoms with Gasteiger partial charge >= 0.3 is 0 Å². The maximum atomic E-state index is 13.3. The molecule has 5 heteroatoms. The second-order valence-corrected chi connectivity index (χ2v) is 8.35. The van der Waals surface area contributed by atoms with Crippen molar-refractivity contribution in [3.63, 3.8) is 0 Å². The summed E-state index contributed by atoms with van der Waals surface area (Å²) in [4.78, 5) is 34.2. The molecule has 1 unspecified atom stereocenters. The van der Waals surface area contributed by atoms with Crippen molar-refractivity contribution in [1.82, 2.24) is 9.88 Å². The number of rotatable bonds is 2. The van der Waals surface area contributed by atoms with Gasteiger partial charge in [-0.15, -0.1) is 0 Å². The number of hydrogen-bond donors (Lipinski definition) is 0. The van der Waals surface area contributed by atoms with Crippen LogP contribution in [0.15, 0.2) is 60.8 Å². The Morgan fingerprint density at radius 1 is 1.03 bits per heavy atom. The SMILES string of the molecule is Cc1ccc(N2CC3(CCN(C(=O)c4cccc5cccnc45)C3)CC2=O)cc1. The molecule has 3 heterocycles. The second-order valence-electron chi connectivity index (χ2n) is 8.35. The average molecular weight is 385 g/mol. The molecule has 0 saturated carbocycles. The van der Waals surface area contributed by atoms with Gasteiger partial charge in [-0.3, -0.25) is 14.6 Å². The van der Waals surface area contributed by atoms with Crippen molar-refractivity contribution >= 4 is 28.4 Å². The molecule has 2 aliphatic rings. The zero-order valence-electron chi connectivity index (χ0n) is 16.5. The van der Waals surface area contributed by atoms with E-state index in [1.54, 1.807) is 6.20 Å². The predicted molar refractivity (Wildman–Crippen MR) is 113 cm³/mol. The molecule has 2 fully saturated rings. The molecule has 29 heavy (non-hydrogen) atoms. The summed E-state index contributed by atoms with van der Waals surface area (Å²) < 4.78 is 0. The Kier molecular flexibility index (Phi) is 4.12. The molecule has 2 saturated heterocycles. The first-order chi connectivity index (χ1) is 14.0. The first-order valence-corrected chi connectivity index (χ1v) is 10.0. The quantitative estimate of drug-likeness (QED) is 0.674. The van der Waals surface area contributed by atoms with Crippen LogP contribution in [0.1, 0.15) is 28.8 Å². The van der Waals surface area contributed by atoms with Gasteiger partial charge in [0.1, 0.15) is 0 Å². The lowest BCUT2D eigenvalue weighted by molar-refractivity contribution is -0.117. The highest BCUT2D eigenvalue weighted by Gasteiger charge is 2.49. The van der Waals surface area contributed by atoms with Gasteiger partial charge in [-0.2, -0.15) is 0 Å². The minimum atomic E-state index is -0.157. The lowest BCUT2D eigenvalue weighted by Gasteiger charge is -2.24. The highest BCUT2D eigenvalue weighted by Crippen LogP contribution is 2.42. The highest BCUT2D eigenvalue weighted by atomic mass is 16.2. The van der Waals surface area contributed by atoms with Crippen molar-refractivity contribution in [2.45, 2.75) is 19.8 Å². The number of nitrogens with zero attached hydrogens (tertiary/aromatic N) is 3. The van der Waals surface area contributed by atoms with Gasteiger partial charge in [0, 0.05) is 48.7 Å². The standard InChI is InChI=1S/C24H23N3O2/c1-17-7-9-19(10-8-17)27-16-24(14-21(27)28)11-13-26(15-24)23(29)20-6-2-4-18-5-3-12-25-22(18)20/h2-10,12H,11,13-16H2,1H3. The van der Waals surface area contributed by atoms with E-state index in [2.05, 4.69) is 4.98 Å². The van der Waals surface area contributed by atoms with Gasteiger partial charge in [-0.25, -0.2) is 0 Å². The summed E-state index contributed by atoms with van der Waals surface area (Å²) in [5.74, 6) is 0.155. The number of benzene rings is 2. The number of likely N-dealkylation sites (tertiary alicyclic amines) is 1. The molecule has 5 nitrogen and oxygen atoms in total. The van der Waals surface area contributed by atoms with E-state index in [-0.39, 0.29) is 17.2 Å². The number of carbonyl (C=O) groups is 2. The molecular weight excluding hydrogens is 362 g/mol. The summed E-state index contributed by atoms with van der Waals surface area (Å²) >= 11 is 0. The molecule has 146 valence electrons. The van der Waals surface area contributed by atoms with E-state index in [4.69, 9.17) is 0 Å². The van der Waals surface area contributed by atoms with Crippen LogP contribution < -0.4 is 4.90 Å². The Balaban J connectivity index is 1.37. The highest BCUT2D eigenvalue weighted by molar-refractivity contribution is 6.05. The van der Waals surface area contributed by atoms with E-state index in [1.807, 2.05) is 71.3 Å². The number of aromatic nitrogens is 1. The first kappa shape index (κ1) is 17.9. The number of fused-ring (bicyclic) bond motifs is 1. The fourth-order valence-electron chi connectivity index (χ4n) is 4.68. The smallest absolute Gasteiger partial charge is 0.256 e. The van der Waals surface area contributed by atoms with Gasteiger partial charge in [0.05, 0.1) is 11.1 Å². The number of anilines is 1. The van der Waals surface area contributed by atoms with Crippen LogP contribution >= 0.6 is 0 Å². The van der Waals surface area contributed by atoms with Crippen LogP contribution in [0.5, 0.6) is 0 Å². The zero-order valence-corrected chi connectivity index (χ0v) is 16.5. The van der Waals surface area contributed by atoms with Crippen LogP contribution in [-0.4, -0.2) is 41.3 Å². The molecule has 0 aliphatic carbocycles. The van der Waals surface area contributed by atoms with E-state index in [0.29, 0.717) is 31.6 Å². The topological polar surface area (TPSA) is 53.5 Å². The van der Waals surface area contributed by atoms with Gasteiger partial charge in [-0.1, -0.05) is 35.9 Å². The monoisotopic (exact) mass is 385 g/mol. The van der Waals surface area contributed by atoms with Gasteiger partial charge in [0.15, 0.2) is 0 Å². The maximum absolute atomic E-state index is 13.3. The molecule has 0 N–H and O–H groups in total. The summed E-state index contributed by atoms with van der Waals surface area (Å²) in [6, 6.07) is 17.7. The minimum absolute atomic E-state index is 0.00686. The van der Waals surface area contributed by atoms with Gasteiger partial charge in [0.25, 0.3) is 5.91 Å². The number of amides is 2. The lowest BCUT2D eigenvalue weighted by Crippen LogP contribution is -2.34. The van der Waals surface area contributed by atoms with Crippen molar-refractivity contribution in [3.05, 3.63) is 71.9 Å². The van der Waals surface area contributed by atoms with Gasteiger partial charge in [-0.05, 0) is 37.6 Å². The predicted octanol–water partition coefficient (Wildman–Crippen LogP) is 3.81. The Morgan fingerprint density at radius 3 is 2.66 bits per heavy atom. The number of pyridine rings is 1. The largest absolute Gasteiger partial charge is 0.338 e. The molecule has 2 amide bonds. The molecule has 1 spiro atoms. The van der Waals surface area contributed by atoms with Crippen molar-refractivity contribution in [3.8, 4) is 0 Å². The third kappa shape index (κ3) is 3.07. The van der Waals surface area contributed by atoms with Crippen LogP contribution in [0.3, 0.4) is 0 Å². The van der Waals surface area contributed by atoms with E-state index in [1.165, 1.54) is 5.56 Å². The first-order valence-electron chi connectivity index (χ1n) is 10.0. The molecule has 0 bridgehead atoms. The number of carbonyl (C=O) groups excluding carboxylic acids is 2. The van der Waals surface area contributed by atoms with Gasteiger partial charge < -0.3 is 9.80 Å². The Bertz CT molecular complexity index is 1100. The third-order valence-corrected chi connectivity index (χ3v) is 6.26. The molecule has 1 aromatic heterocycles. The number of para-hydroxylation sites is 1. The van der Waals surface area contributed by atoms with E-state index in [0.717, 1.165) is 23.0 Å². The zero-order chi connectivity index (χ0) is 20.0.